The normalized spacial score (nSPS) is 13.9. The first kappa shape index (κ1) is 32.9. The summed E-state index contributed by atoms with van der Waals surface area (Å²) < 4.78 is 62.9. The van der Waals surface area contributed by atoms with Gasteiger partial charge in [0.15, 0.2) is 0 Å². The molecule has 0 bridgehead atoms. The minimum Gasteiger partial charge on any atom is -0.455 e. The lowest BCUT2D eigenvalue weighted by atomic mass is 9.67. The molecule has 0 saturated carbocycles. The van der Waals surface area contributed by atoms with Crippen LogP contribution in [0.15, 0.2) is 265 Å². The molecule has 1 aromatic heterocycles. The molecule has 0 saturated heterocycles. The summed E-state index contributed by atoms with van der Waals surface area (Å²) in [4.78, 5) is 2.19. The van der Waals surface area contributed by atoms with Crippen molar-refractivity contribution >= 4 is 49.8 Å². The van der Waals surface area contributed by atoms with Crippen LogP contribution in [-0.2, 0) is 5.41 Å². The van der Waals surface area contributed by atoms with E-state index in [0.717, 1.165) is 50.1 Å². The molecule has 1 heterocycles. The molecule has 2 heteroatoms. The lowest BCUT2D eigenvalue weighted by Crippen LogP contribution is -2.28. The lowest BCUT2D eigenvalue weighted by molar-refractivity contribution is 0.671. The predicted molar refractivity (Wildman–Crippen MR) is 280 cm³/mol. The topological polar surface area (TPSA) is 16.4 Å². The Morgan fingerprint density at radius 1 is 0.358 bits per heavy atom. The van der Waals surface area contributed by atoms with Crippen molar-refractivity contribution in [2.45, 2.75) is 5.41 Å². The Morgan fingerprint density at radius 2 is 0.881 bits per heavy atom. The van der Waals surface area contributed by atoms with Gasteiger partial charge in [0.2, 0.25) is 0 Å². The van der Waals surface area contributed by atoms with E-state index < -0.39 is 5.41 Å². The number of anilines is 3. The van der Waals surface area contributed by atoms with Gasteiger partial charge in [-0.2, -0.15) is 0 Å². The average Bonchev–Trinajstić information content (AvgIpc) is 3.98. The first-order valence-electron chi connectivity index (χ1n) is 25.6. The quantitative estimate of drug-likeness (QED) is 0.151. The molecule has 13 rings (SSSR count). The van der Waals surface area contributed by atoms with Gasteiger partial charge in [0.25, 0.3) is 0 Å². The van der Waals surface area contributed by atoms with Gasteiger partial charge < -0.3 is 9.32 Å². The van der Waals surface area contributed by atoms with E-state index in [1.54, 1.807) is 0 Å². The van der Waals surface area contributed by atoms with Gasteiger partial charge in [-0.15, -0.1) is 0 Å². The molecule has 0 spiro atoms. The van der Waals surface area contributed by atoms with Crippen molar-refractivity contribution in [1.82, 2.24) is 0 Å². The second kappa shape index (κ2) is 15.8. The zero-order valence-corrected chi connectivity index (χ0v) is 36.2. The Kier molecular flexibility index (Phi) is 7.73. The van der Waals surface area contributed by atoms with Crippen LogP contribution in [0.4, 0.5) is 17.1 Å². The number of nitrogens with zero attached hydrogens (tertiary/aromatic N) is 1. The van der Waals surface area contributed by atoms with Crippen LogP contribution in [0.25, 0.3) is 77.2 Å². The van der Waals surface area contributed by atoms with Gasteiger partial charge in [0.1, 0.15) is 11.2 Å². The highest BCUT2D eigenvalue weighted by atomic mass is 16.3. The fraction of sp³-hybridized carbons (Fsp3) is 0.0154. The third-order valence-corrected chi connectivity index (χ3v) is 13.5. The molecule has 2 nitrogen and oxygen atoms in total. The molecule has 12 aromatic rings. The Bertz CT molecular complexity index is 4100. The first-order chi connectivity index (χ1) is 35.7. The monoisotopic (exact) mass is 859 g/mol. The smallest absolute Gasteiger partial charge is 0.143 e. The molecule has 0 atom stereocenters. The van der Waals surface area contributed by atoms with Crippen molar-refractivity contribution in [2.24, 2.45) is 0 Å². The summed E-state index contributed by atoms with van der Waals surface area (Å²) in [5, 5.41) is 2.46. The van der Waals surface area contributed by atoms with Gasteiger partial charge in [-0.3, -0.25) is 0 Å². The van der Waals surface area contributed by atoms with Crippen molar-refractivity contribution in [3.05, 3.63) is 283 Å². The Balaban J connectivity index is 0.994. The highest BCUT2D eigenvalue weighted by Gasteiger charge is 2.45. The van der Waals surface area contributed by atoms with E-state index in [4.69, 9.17) is 4.42 Å². The van der Waals surface area contributed by atoms with Crippen LogP contribution >= 0.6 is 0 Å². The van der Waals surface area contributed by atoms with Gasteiger partial charge in [0, 0.05) is 38.7 Å². The van der Waals surface area contributed by atoms with Crippen LogP contribution in [0, 0.1) is 0 Å². The summed E-state index contributed by atoms with van der Waals surface area (Å²) in [6, 6.07) is 75.1. The molecule has 0 unspecified atom stereocenters. The fourth-order valence-corrected chi connectivity index (χ4v) is 10.5. The van der Waals surface area contributed by atoms with E-state index in [0.29, 0.717) is 16.7 Å². The molecule has 67 heavy (non-hydrogen) atoms. The van der Waals surface area contributed by atoms with Gasteiger partial charge in [0.05, 0.1) is 19.3 Å². The number of para-hydroxylation sites is 2. The minimum absolute atomic E-state index is 0.153. The molecular weight excluding hydrogens is 811 g/mol. The standard InChI is InChI=1S/C65H43NO/c1-3-17-44(18-4-1)45-37-41-51(42-38-45)66(62-34-14-20-46-19-7-8-25-53(46)62)52-24-13-21-48(43-52)55-29-16-31-59-58-30-15-28-54(63(58)67-64(55)59)47-35-39-50(40-36-47)65(49-22-5-2-6-23-49)60-32-11-9-26-56(60)57-27-10-12-33-61(57)65/h1-43H/i15D,16D,28D,29D,30D,31D. The summed E-state index contributed by atoms with van der Waals surface area (Å²) >= 11 is 0. The number of furan rings is 1. The molecule has 1 aliphatic rings. The Morgan fingerprint density at radius 3 is 1.58 bits per heavy atom. The van der Waals surface area contributed by atoms with Crippen molar-refractivity contribution in [1.29, 1.82) is 0 Å². The molecule has 11 aromatic carbocycles. The Labute approximate surface area is 398 Å². The van der Waals surface area contributed by atoms with E-state index in [-0.39, 0.29) is 63.8 Å². The van der Waals surface area contributed by atoms with Gasteiger partial charge in [-0.25, -0.2) is 0 Å². The van der Waals surface area contributed by atoms with Crippen molar-refractivity contribution in [3.63, 3.8) is 0 Å². The summed E-state index contributed by atoms with van der Waals surface area (Å²) in [7, 11) is 0. The van der Waals surface area contributed by atoms with Crippen LogP contribution in [0.3, 0.4) is 0 Å². The zero-order valence-electron chi connectivity index (χ0n) is 42.2. The van der Waals surface area contributed by atoms with Crippen LogP contribution in [0.1, 0.15) is 30.5 Å². The Hall–Kier alpha value is -8.72. The van der Waals surface area contributed by atoms with Crippen LogP contribution in [0.2, 0.25) is 0 Å². The van der Waals surface area contributed by atoms with Gasteiger partial charge in [-0.1, -0.05) is 230 Å². The van der Waals surface area contributed by atoms with E-state index in [1.165, 1.54) is 22.3 Å². The highest BCUT2D eigenvalue weighted by molar-refractivity contribution is 6.13. The third-order valence-electron chi connectivity index (χ3n) is 13.5. The summed E-state index contributed by atoms with van der Waals surface area (Å²) in [6.45, 7) is 0. The van der Waals surface area contributed by atoms with Crippen molar-refractivity contribution < 1.29 is 12.6 Å². The van der Waals surface area contributed by atoms with E-state index in [9.17, 15) is 8.22 Å². The SMILES string of the molecule is [2H]c1c([2H])c([2H])c2c(oc3c(-c4cccc(N(c5ccc(-c6ccccc6)cc5)c5cccc6ccccc56)c4)c([2H])c([2H])c([2H])c32)c1-c1ccc(C2(c3ccccc3)c3ccccc3-c3ccccc32)cc1. The molecular formula is C65H43NO. The zero-order chi connectivity index (χ0) is 49.5. The van der Waals surface area contributed by atoms with Gasteiger partial charge >= 0.3 is 0 Å². The number of rotatable bonds is 8. The maximum atomic E-state index is 9.50. The molecule has 0 amide bonds. The van der Waals surface area contributed by atoms with E-state index >= 15 is 0 Å². The largest absolute Gasteiger partial charge is 0.455 e. The molecule has 0 aliphatic heterocycles. The molecule has 0 radical (unpaired) electrons. The van der Waals surface area contributed by atoms with Crippen molar-refractivity contribution in [2.75, 3.05) is 4.90 Å². The molecule has 314 valence electrons. The van der Waals surface area contributed by atoms with Crippen LogP contribution in [0.5, 0.6) is 0 Å². The maximum Gasteiger partial charge on any atom is 0.143 e. The molecule has 1 aliphatic carbocycles. The average molecular weight is 860 g/mol. The predicted octanol–water partition coefficient (Wildman–Crippen LogP) is 17.6. The third kappa shape index (κ3) is 6.18. The van der Waals surface area contributed by atoms with Crippen LogP contribution < -0.4 is 4.90 Å². The highest BCUT2D eigenvalue weighted by Crippen LogP contribution is 2.56. The summed E-state index contributed by atoms with van der Waals surface area (Å²) in [5.74, 6) is 0. The van der Waals surface area contributed by atoms with Crippen molar-refractivity contribution in [3.8, 4) is 44.5 Å². The van der Waals surface area contributed by atoms with Gasteiger partial charge in [-0.05, 0) is 91.4 Å². The fourth-order valence-electron chi connectivity index (χ4n) is 10.5. The second-order valence-corrected chi connectivity index (χ2v) is 17.1. The number of hydrogen-bond donors (Lipinski definition) is 0. The molecule has 0 N–H and O–H groups in total. The number of benzene rings is 11. The lowest BCUT2D eigenvalue weighted by Gasteiger charge is -2.34. The van der Waals surface area contributed by atoms with E-state index in [2.05, 4.69) is 150 Å². The molecule has 0 fully saturated rings. The summed E-state index contributed by atoms with van der Waals surface area (Å²) in [6.07, 6.45) is 0. The number of fused-ring (bicyclic) bond motifs is 7. The first-order valence-corrected chi connectivity index (χ1v) is 22.6. The summed E-state index contributed by atoms with van der Waals surface area (Å²) in [5.41, 5.74) is 13.1. The minimum atomic E-state index is -0.648. The van der Waals surface area contributed by atoms with E-state index in [1.807, 2.05) is 78.9 Å². The second-order valence-electron chi connectivity index (χ2n) is 17.1. The number of hydrogen-bond acceptors (Lipinski definition) is 2. The maximum absolute atomic E-state index is 9.50. The van der Waals surface area contributed by atoms with Crippen LogP contribution in [-0.4, -0.2) is 0 Å².